The average molecular weight is 364 g/mol. The second kappa shape index (κ2) is 7.76. The van der Waals surface area contributed by atoms with E-state index in [4.69, 9.17) is 9.47 Å². The summed E-state index contributed by atoms with van der Waals surface area (Å²) in [6.45, 7) is 10.6. The zero-order chi connectivity index (χ0) is 19.6. The highest BCUT2D eigenvalue weighted by atomic mass is 16.6. The molecule has 2 rings (SSSR count). The van der Waals surface area contributed by atoms with Crippen LogP contribution in [0.25, 0.3) is 0 Å². The highest BCUT2D eigenvalue weighted by Crippen LogP contribution is 2.38. The van der Waals surface area contributed by atoms with E-state index >= 15 is 0 Å². The topological polar surface area (TPSA) is 93.1 Å². The zero-order valence-electron chi connectivity index (χ0n) is 15.8. The first-order valence-electron chi connectivity index (χ1n) is 8.88. The fraction of sp³-hybridized carbons (Fsp3) is 0.600. The zero-order valence-corrected chi connectivity index (χ0v) is 15.8. The summed E-state index contributed by atoms with van der Waals surface area (Å²) in [7, 11) is 0. The van der Waals surface area contributed by atoms with Gasteiger partial charge in [0, 0.05) is 17.6 Å². The molecule has 0 spiro atoms. The number of carbonyl (C=O) groups is 2. The van der Waals surface area contributed by atoms with Gasteiger partial charge in [-0.1, -0.05) is 12.7 Å². The Labute approximate surface area is 154 Å². The van der Waals surface area contributed by atoms with E-state index in [0.29, 0.717) is 24.0 Å². The third-order valence-electron chi connectivity index (χ3n) is 5.23. The number of aliphatic hydroxyl groups is 2. The number of fused-ring (bicyclic) bond motifs is 1. The molecule has 1 aliphatic heterocycles. The first-order valence-corrected chi connectivity index (χ1v) is 8.88. The van der Waals surface area contributed by atoms with Crippen molar-refractivity contribution < 1.29 is 29.3 Å². The monoisotopic (exact) mass is 364 g/mol. The smallest absolute Gasteiger partial charge is 0.334 e. The van der Waals surface area contributed by atoms with Gasteiger partial charge in [0.25, 0.3) is 0 Å². The second-order valence-electron chi connectivity index (χ2n) is 7.50. The lowest BCUT2D eigenvalue weighted by molar-refractivity contribution is -0.151. The Kier molecular flexibility index (Phi) is 6.09. The van der Waals surface area contributed by atoms with Crippen molar-refractivity contribution in [3.63, 3.8) is 0 Å². The largest absolute Gasteiger partial charge is 0.458 e. The van der Waals surface area contributed by atoms with Gasteiger partial charge < -0.3 is 19.7 Å². The van der Waals surface area contributed by atoms with Crippen LogP contribution in [-0.4, -0.2) is 46.1 Å². The van der Waals surface area contributed by atoms with Gasteiger partial charge >= 0.3 is 11.9 Å². The molecule has 144 valence electrons. The molecule has 0 saturated carbocycles. The van der Waals surface area contributed by atoms with Gasteiger partial charge in [-0.25, -0.2) is 9.59 Å². The Morgan fingerprint density at radius 2 is 2.15 bits per heavy atom. The molecule has 0 aromatic rings. The van der Waals surface area contributed by atoms with E-state index < -0.39 is 41.8 Å². The molecule has 2 N–H and O–H groups in total. The Morgan fingerprint density at radius 1 is 1.50 bits per heavy atom. The van der Waals surface area contributed by atoms with E-state index in [0.717, 1.165) is 0 Å². The van der Waals surface area contributed by atoms with E-state index in [1.54, 1.807) is 39.8 Å². The molecular weight excluding hydrogens is 336 g/mol. The maximum atomic E-state index is 12.3. The van der Waals surface area contributed by atoms with Crippen LogP contribution in [0.2, 0.25) is 0 Å². The molecule has 0 radical (unpaired) electrons. The summed E-state index contributed by atoms with van der Waals surface area (Å²) >= 11 is 0. The molecule has 0 bridgehead atoms. The normalized spacial score (nSPS) is 38.1. The number of aliphatic hydroxyl groups excluding tert-OH is 1. The molecule has 0 aromatic carbocycles. The van der Waals surface area contributed by atoms with Crippen LogP contribution in [0.3, 0.4) is 0 Å². The minimum Gasteiger partial charge on any atom is -0.458 e. The average Bonchev–Trinajstić information content (AvgIpc) is 2.84. The quantitative estimate of drug-likeness (QED) is 0.443. The number of carbonyl (C=O) groups excluding carboxylic acids is 2. The van der Waals surface area contributed by atoms with Crippen LogP contribution in [0.15, 0.2) is 35.5 Å². The Morgan fingerprint density at radius 3 is 2.77 bits per heavy atom. The number of esters is 2. The van der Waals surface area contributed by atoms with Gasteiger partial charge in [0.15, 0.2) is 0 Å². The lowest BCUT2D eigenvalue weighted by Gasteiger charge is -2.34. The van der Waals surface area contributed by atoms with E-state index in [1.807, 2.05) is 0 Å². The molecule has 26 heavy (non-hydrogen) atoms. The first kappa shape index (κ1) is 20.4. The molecule has 1 saturated heterocycles. The molecule has 0 unspecified atom stereocenters. The highest BCUT2D eigenvalue weighted by Gasteiger charge is 2.47. The van der Waals surface area contributed by atoms with E-state index in [1.165, 1.54) is 0 Å². The van der Waals surface area contributed by atoms with Gasteiger partial charge in [0.1, 0.15) is 12.2 Å². The number of ether oxygens (including phenoxy) is 2. The summed E-state index contributed by atoms with van der Waals surface area (Å²) in [4.78, 5) is 24.4. The van der Waals surface area contributed by atoms with E-state index in [9.17, 15) is 19.8 Å². The summed E-state index contributed by atoms with van der Waals surface area (Å²) in [6, 6.07) is 0. The van der Waals surface area contributed by atoms with Crippen LogP contribution in [0.4, 0.5) is 0 Å². The fourth-order valence-electron chi connectivity index (χ4n) is 3.35. The van der Waals surface area contributed by atoms with Gasteiger partial charge in [0.05, 0.1) is 17.6 Å². The fourth-order valence-corrected chi connectivity index (χ4v) is 3.35. The first-order chi connectivity index (χ1) is 12.1. The van der Waals surface area contributed by atoms with Crippen LogP contribution < -0.4 is 0 Å². The van der Waals surface area contributed by atoms with Gasteiger partial charge in [-0.2, -0.15) is 0 Å². The van der Waals surface area contributed by atoms with Crippen LogP contribution in [-0.2, 0) is 19.1 Å². The lowest BCUT2D eigenvalue weighted by Crippen LogP contribution is -2.41. The van der Waals surface area contributed by atoms with Crippen molar-refractivity contribution in [2.75, 3.05) is 0 Å². The third-order valence-corrected chi connectivity index (χ3v) is 5.23. The summed E-state index contributed by atoms with van der Waals surface area (Å²) in [5.74, 6) is -1.67. The third kappa shape index (κ3) is 4.43. The number of rotatable bonds is 2. The highest BCUT2D eigenvalue weighted by molar-refractivity contribution is 5.92. The molecule has 2 aliphatic rings. The number of allylic oxidation sites excluding steroid dienone is 1. The van der Waals surface area contributed by atoms with Gasteiger partial charge in [-0.05, 0) is 52.2 Å². The van der Waals surface area contributed by atoms with Crippen LogP contribution >= 0.6 is 0 Å². The Balaban J connectivity index is 2.45. The maximum Gasteiger partial charge on any atom is 0.334 e. The van der Waals surface area contributed by atoms with E-state index in [2.05, 4.69) is 6.58 Å². The predicted octanol–water partition coefficient (Wildman–Crippen LogP) is 2.20. The van der Waals surface area contributed by atoms with Crippen LogP contribution in [0.1, 0.15) is 47.0 Å². The minimum absolute atomic E-state index is 0.117. The summed E-state index contributed by atoms with van der Waals surface area (Å²) < 4.78 is 11.0. The number of hydrogen-bond donors (Lipinski definition) is 2. The number of hydrogen-bond acceptors (Lipinski definition) is 6. The van der Waals surface area contributed by atoms with Crippen molar-refractivity contribution >= 4 is 11.9 Å². The summed E-state index contributed by atoms with van der Waals surface area (Å²) in [5.41, 5.74) is 0.121. The minimum atomic E-state index is -1.18. The molecule has 1 fully saturated rings. The van der Waals surface area contributed by atoms with E-state index in [-0.39, 0.29) is 12.0 Å². The van der Waals surface area contributed by atoms with Crippen molar-refractivity contribution in [3.05, 3.63) is 35.5 Å². The molecule has 1 aliphatic carbocycles. The van der Waals surface area contributed by atoms with Crippen molar-refractivity contribution in [2.45, 2.75) is 70.9 Å². The molecule has 5 atom stereocenters. The van der Waals surface area contributed by atoms with Crippen molar-refractivity contribution in [1.29, 1.82) is 0 Å². The Hall–Kier alpha value is -1.92. The molecule has 6 heteroatoms. The molecule has 0 aromatic heterocycles. The maximum absolute atomic E-state index is 12.3. The second-order valence-corrected chi connectivity index (χ2v) is 7.50. The Bertz CT molecular complexity index is 657. The molecule has 0 amide bonds. The van der Waals surface area contributed by atoms with Crippen molar-refractivity contribution in [3.8, 4) is 0 Å². The van der Waals surface area contributed by atoms with Gasteiger partial charge in [-0.15, -0.1) is 0 Å². The molecular formula is C20H28O6. The molecule has 6 nitrogen and oxygen atoms in total. The van der Waals surface area contributed by atoms with Crippen LogP contribution in [0.5, 0.6) is 0 Å². The van der Waals surface area contributed by atoms with Gasteiger partial charge in [0.2, 0.25) is 0 Å². The summed E-state index contributed by atoms with van der Waals surface area (Å²) in [5, 5.41) is 21.0. The standard InChI is InChI=1S/C20H28O6/c1-6-11(2)18(22)26-16-10-20(5,24)8-7-14(21)12(3)9-15-17(16)13(4)19(23)25-15/h6,9,14-17,21,24H,4,7-8,10H2,1-3,5H3/b11-6-,12-9-/t14-,15-,16+,17-,20-/m0/s1. The van der Waals surface area contributed by atoms with Crippen molar-refractivity contribution in [1.82, 2.24) is 0 Å². The SMILES string of the molecule is C=C1C(=O)O[C@H]2/C=C(/C)[C@@H](O)CC[C@](C)(O)C[C@@H](OC(=O)/C(C)=C\C)[C@@H]12. The van der Waals surface area contributed by atoms with Crippen molar-refractivity contribution in [2.24, 2.45) is 5.92 Å². The molecule has 1 heterocycles. The van der Waals surface area contributed by atoms with Gasteiger partial charge in [-0.3, -0.25) is 0 Å². The predicted molar refractivity (Wildman–Crippen MR) is 96.1 cm³/mol. The summed E-state index contributed by atoms with van der Waals surface area (Å²) in [6.07, 6.45) is 1.94. The van der Waals surface area contributed by atoms with Crippen LogP contribution in [0, 0.1) is 5.92 Å². The lowest BCUT2D eigenvalue weighted by atomic mass is 9.80.